The van der Waals surface area contributed by atoms with Crippen LogP contribution in [0.25, 0.3) is 10.9 Å². The van der Waals surface area contributed by atoms with E-state index < -0.39 is 12.1 Å². The Balaban J connectivity index is 1.54. The molecular formula is C33H37ClN2O4. The third-order valence-electron chi connectivity index (χ3n) is 7.59. The summed E-state index contributed by atoms with van der Waals surface area (Å²) >= 11 is 6.64. The molecule has 4 rings (SSSR count). The van der Waals surface area contributed by atoms with Crippen molar-refractivity contribution < 1.29 is 19.4 Å². The number of hydrogen-bond acceptors (Lipinski definition) is 3. The number of carboxylic acids is 1. The number of ether oxygens (including phenoxy) is 1. The number of hydrogen-bond donors (Lipinski definition) is 2. The summed E-state index contributed by atoms with van der Waals surface area (Å²) in [7, 11) is 1.99. The number of aromatic nitrogens is 1. The van der Waals surface area contributed by atoms with Crippen molar-refractivity contribution >= 4 is 34.4 Å². The average molecular weight is 561 g/mol. The van der Waals surface area contributed by atoms with Crippen molar-refractivity contribution in [1.29, 1.82) is 0 Å². The van der Waals surface area contributed by atoms with Gasteiger partial charge in [-0.3, -0.25) is 4.79 Å². The number of nitrogens with zero attached hydrogens (tertiary/aromatic N) is 1. The number of nitrogens with one attached hydrogen (secondary N) is 1. The fourth-order valence-corrected chi connectivity index (χ4v) is 5.18. The predicted molar refractivity (Wildman–Crippen MR) is 161 cm³/mol. The van der Waals surface area contributed by atoms with Gasteiger partial charge in [-0.05, 0) is 74.1 Å². The molecule has 2 N–H and O–H groups in total. The summed E-state index contributed by atoms with van der Waals surface area (Å²) in [5.74, 6) is -0.832. The van der Waals surface area contributed by atoms with E-state index in [1.807, 2.05) is 51.2 Å². The van der Waals surface area contributed by atoms with Gasteiger partial charge in [0.1, 0.15) is 5.75 Å². The van der Waals surface area contributed by atoms with E-state index in [-0.39, 0.29) is 11.9 Å². The first-order valence-corrected chi connectivity index (χ1v) is 14.1. The van der Waals surface area contributed by atoms with Crippen LogP contribution in [0, 0.1) is 6.92 Å². The van der Waals surface area contributed by atoms with E-state index in [9.17, 15) is 14.7 Å². The first-order valence-electron chi connectivity index (χ1n) is 13.7. The molecule has 0 aliphatic carbocycles. The molecule has 210 valence electrons. The van der Waals surface area contributed by atoms with Gasteiger partial charge in [-0.15, -0.1) is 0 Å². The highest BCUT2D eigenvalue weighted by atomic mass is 35.5. The number of halogens is 1. The number of rotatable bonds is 11. The minimum atomic E-state index is -1.05. The van der Waals surface area contributed by atoms with Crippen LogP contribution in [0.1, 0.15) is 78.0 Å². The number of fused-ring (bicyclic) bond motifs is 1. The standard InChI is InChI=1S/C33H37ClN2O4/c1-6-7-9-23-12-14-24(15-13-23)20(2)35-32(37)26-16-17-27-28(21(3)36(5)29(27)19-26)18-25-10-8-11-30(31(25)34)40-22(4)33(38)39/h8,10-17,19-20,22H,6-7,9,18H2,1-5H3,(H,35,37)(H,38,39)/t20-,22+/m0/s1. The zero-order valence-electron chi connectivity index (χ0n) is 23.8. The van der Waals surface area contributed by atoms with E-state index in [0.29, 0.717) is 22.8 Å². The molecule has 1 heterocycles. The highest BCUT2D eigenvalue weighted by Gasteiger charge is 2.20. The smallest absolute Gasteiger partial charge is 0.344 e. The monoisotopic (exact) mass is 560 g/mol. The Bertz CT molecular complexity index is 1520. The maximum Gasteiger partial charge on any atom is 0.344 e. The second-order valence-corrected chi connectivity index (χ2v) is 10.8. The summed E-state index contributed by atoms with van der Waals surface area (Å²) < 4.78 is 7.64. The molecule has 3 aromatic carbocycles. The normalized spacial score (nSPS) is 12.8. The number of aryl methyl sites for hydroxylation is 2. The Labute approximate surface area is 240 Å². The summed E-state index contributed by atoms with van der Waals surface area (Å²) in [4.78, 5) is 24.4. The number of unbranched alkanes of at least 4 members (excludes halogenated alkanes) is 1. The zero-order valence-corrected chi connectivity index (χ0v) is 24.5. The number of amides is 1. The van der Waals surface area contributed by atoms with Crippen LogP contribution in [0.4, 0.5) is 0 Å². The van der Waals surface area contributed by atoms with Crippen molar-refractivity contribution in [2.24, 2.45) is 7.05 Å². The van der Waals surface area contributed by atoms with E-state index in [0.717, 1.165) is 39.7 Å². The first kappa shape index (κ1) is 29.2. The number of carbonyl (C=O) groups excluding carboxylic acids is 1. The van der Waals surface area contributed by atoms with Gasteiger partial charge in [-0.1, -0.05) is 67.4 Å². The van der Waals surface area contributed by atoms with Gasteiger partial charge >= 0.3 is 5.97 Å². The van der Waals surface area contributed by atoms with Crippen molar-refractivity contribution in [2.75, 3.05) is 0 Å². The summed E-state index contributed by atoms with van der Waals surface area (Å²) in [6, 6.07) is 19.5. The molecule has 0 aliphatic rings. The van der Waals surface area contributed by atoms with Gasteiger partial charge in [0.2, 0.25) is 0 Å². The lowest BCUT2D eigenvalue weighted by Crippen LogP contribution is -2.26. The van der Waals surface area contributed by atoms with Crippen LogP contribution in [-0.4, -0.2) is 27.7 Å². The minimum absolute atomic E-state index is 0.116. The maximum atomic E-state index is 13.2. The van der Waals surface area contributed by atoms with Gasteiger partial charge in [-0.2, -0.15) is 0 Å². The molecule has 7 heteroatoms. The number of carbonyl (C=O) groups is 2. The molecule has 2 atom stereocenters. The predicted octanol–water partition coefficient (Wildman–Crippen LogP) is 7.42. The van der Waals surface area contributed by atoms with Crippen LogP contribution in [0.2, 0.25) is 5.02 Å². The van der Waals surface area contributed by atoms with Crippen molar-refractivity contribution in [3.8, 4) is 5.75 Å². The third kappa shape index (κ3) is 6.34. The van der Waals surface area contributed by atoms with Crippen LogP contribution >= 0.6 is 11.6 Å². The molecule has 0 radical (unpaired) electrons. The van der Waals surface area contributed by atoms with Crippen molar-refractivity contribution in [3.63, 3.8) is 0 Å². The SMILES string of the molecule is CCCCc1ccc([C@H](C)NC(=O)c2ccc3c(Cc4cccc(O[C@H](C)C(=O)O)c4Cl)c(C)n(C)c3c2)cc1. The summed E-state index contributed by atoms with van der Waals surface area (Å²) in [5, 5.41) is 13.8. The highest BCUT2D eigenvalue weighted by molar-refractivity contribution is 6.32. The molecule has 40 heavy (non-hydrogen) atoms. The van der Waals surface area contributed by atoms with Gasteiger partial charge < -0.3 is 19.7 Å². The Morgan fingerprint density at radius 1 is 1.07 bits per heavy atom. The molecule has 4 aromatic rings. The molecule has 0 saturated heterocycles. The Hall–Kier alpha value is -3.77. The first-order chi connectivity index (χ1) is 19.1. The minimum Gasteiger partial charge on any atom is -0.479 e. The molecule has 0 unspecified atom stereocenters. The summed E-state index contributed by atoms with van der Waals surface area (Å²) in [6.07, 6.45) is 2.95. The molecule has 6 nitrogen and oxygen atoms in total. The largest absolute Gasteiger partial charge is 0.479 e. The molecule has 0 spiro atoms. The van der Waals surface area contributed by atoms with Crippen molar-refractivity contribution in [2.45, 2.75) is 65.5 Å². The molecule has 0 fully saturated rings. The third-order valence-corrected chi connectivity index (χ3v) is 8.02. The Morgan fingerprint density at radius 2 is 1.80 bits per heavy atom. The quantitative estimate of drug-likeness (QED) is 0.200. The van der Waals surface area contributed by atoms with E-state index in [1.165, 1.54) is 25.3 Å². The Kier molecular flexibility index (Phi) is 9.21. The fraction of sp³-hybridized carbons (Fsp3) is 0.333. The molecule has 1 aromatic heterocycles. The van der Waals surface area contributed by atoms with E-state index in [1.54, 1.807) is 6.07 Å². The van der Waals surface area contributed by atoms with Crippen molar-refractivity contribution in [3.05, 3.63) is 99.2 Å². The van der Waals surface area contributed by atoms with Gasteiger partial charge in [0.25, 0.3) is 5.91 Å². The lowest BCUT2D eigenvalue weighted by atomic mass is 10.0. The maximum absolute atomic E-state index is 13.2. The molecule has 0 saturated carbocycles. The molecule has 0 aliphatic heterocycles. The van der Waals surface area contributed by atoms with E-state index >= 15 is 0 Å². The molecule has 0 bridgehead atoms. The molecular weight excluding hydrogens is 524 g/mol. The van der Waals surface area contributed by atoms with Gasteiger partial charge in [0.15, 0.2) is 6.10 Å². The summed E-state index contributed by atoms with van der Waals surface area (Å²) in [6.45, 7) is 7.71. The van der Waals surface area contributed by atoms with Gasteiger partial charge in [0.05, 0.1) is 11.1 Å². The van der Waals surface area contributed by atoms with Crippen LogP contribution in [0.3, 0.4) is 0 Å². The second kappa shape index (κ2) is 12.6. The van der Waals surface area contributed by atoms with Crippen LogP contribution in [0.5, 0.6) is 5.75 Å². The topological polar surface area (TPSA) is 80.6 Å². The van der Waals surface area contributed by atoms with Crippen molar-refractivity contribution in [1.82, 2.24) is 9.88 Å². The Morgan fingerprint density at radius 3 is 2.48 bits per heavy atom. The van der Waals surface area contributed by atoms with Crippen LogP contribution in [-0.2, 0) is 24.7 Å². The van der Waals surface area contributed by atoms with E-state index in [2.05, 4.69) is 41.1 Å². The summed E-state index contributed by atoms with van der Waals surface area (Å²) in [5.41, 5.74) is 6.94. The molecule has 1 amide bonds. The lowest BCUT2D eigenvalue weighted by molar-refractivity contribution is -0.144. The highest BCUT2D eigenvalue weighted by Crippen LogP contribution is 2.34. The number of benzene rings is 3. The zero-order chi connectivity index (χ0) is 29.0. The number of aliphatic carboxylic acids is 1. The van der Waals surface area contributed by atoms with E-state index in [4.69, 9.17) is 16.3 Å². The van der Waals surface area contributed by atoms with Gasteiger partial charge in [-0.25, -0.2) is 4.79 Å². The van der Waals surface area contributed by atoms with Crippen LogP contribution < -0.4 is 10.1 Å². The average Bonchev–Trinajstić information content (AvgIpc) is 3.18. The lowest BCUT2D eigenvalue weighted by Gasteiger charge is -2.15. The number of carboxylic acid groups (broad SMARTS) is 1. The van der Waals surface area contributed by atoms with Gasteiger partial charge in [0, 0.05) is 35.6 Å². The second-order valence-electron chi connectivity index (χ2n) is 10.4. The fourth-order valence-electron chi connectivity index (χ4n) is 4.94. The van der Waals surface area contributed by atoms with Crippen LogP contribution in [0.15, 0.2) is 60.7 Å².